The number of hydrogen-bond donors (Lipinski definition) is 0. The Morgan fingerprint density at radius 2 is 1.41 bits per heavy atom. The first-order chi connectivity index (χ1) is 14.0. The number of benzene rings is 1. The topological polar surface area (TPSA) is 52.6 Å². The van der Waals surface area contributed by atoms with E-state index in [-0.39, 0.29) is 5.91 Å². The zero-order valence-electron chi connectivity index (χ0n) is 17.8. The standard InChI is InChI=1S/C23H31N5O/c1-17-7-8-20(18(2)15-17)23(29)28-13-11-27(12-14-28)22-16-21(24-19(3)25-22)26-9-5-4-6-10-26/h7-8,15-16H,4-6,9-14H2,1-3H3. The molecule has 0 bridgehead atoms. The highest BCUT2D eigenvalue weighted by Crippen LogP contribution is 2.24. The van der Waals surface area contributed by atoms with Crippen molar-refractivity contribution in [3.8, 4) is 0 Å². The molecule has 1 amide bonds. The fraction of sp³-hybridized carbons (Fsp3) is 0.522. The molecular weight excluding hydrogens is 362 g/mol. The van der Waals surface area contributed by atoms with Crippen LogP contribution < -0.4 is 9.80 Å². The van der Waals surface area contributed by atoms with E-state index >= 15 is 0 Å². The van der Waals surface area contributed by atoms with E-state index < -0.39 is 0 Å². The maximum atomic E-state index is 13.0. The molecule has 3 heterocycles. The maximum absolute atomic E-state index is 13.0. The van der Waals surface area contributed by atoms with Crippen LogP contribution in [0.15, 0.2) is 24.3 Å². The minimum Gasteiger partial charge on any atom is -0.356 e. The largest absolute Gasteiger partial charge is 0.356 e. The van der Waals surface area contributed by atoms with E-state index in [1.54, 1.807) is 0 Å². The van der Waals surface area contributed by atoms with Crippen LogP contribution in [0.4, 0.5) is 11.6 Å². The van der Waals surface area contributed by atoms with E-state index in [2.05, 4.69) is 38.8 Å². The number of rotatable bonds is 3. The highest BCUT2D eigenvalue weighted by Gasteiger charge is 2.25. The normalized spacial score (nSPS) is 17.6. The molecule has 0 radical (unpaired) electrons. The highest BCUT2D eigenvalue weighted by molar-refractivity contribution is 5.95. The van der Waals surface area contributed by atoms with E-state index in [0.717, 1.165) is 54.8 Å². The molecule has 0 atom stereocenters. The number of piperazine rings is 1. The van der Waals surface area contributed by atoms with Gasteiger partial charge in [0.25, 0.3) is 5.91 Å². The molecule has 6 heteroatoms. The summed E-state index contributed by atoms with van der Waals surface area (Å²) in [5.41, 5.74) is 3.05. The highest BCUT2D eigenvalue weighted by atomic mass is 16.2. The van der Waals surface area contributed by atoms with Crippen LogP contribution in [-0.2, 0) is 0 Å². The van der Waals surface area contributed by atoms with Gasteiger partial charge < -0.3 is 14.7 Å². The Labute approximate surface area is 173 Å². The summed E-state index contributed by atoms with van der Waals surface area (Å²) in [6.07, 6.45) is 3.78. The Kier molecular flexibility index (Phi) is 5.69. The van der Waals surface area contributed by atoms with Crippen molar-refractivity contribution in [1.82, 2.24) is 14.9 Å². The molecule has 0 unspecified atom stereocenters. The van der Waals surface area contributed by atoms with Gasteiger partial charge >= 0.3 is 0 Å². The predicted octanol–water partition coefficient (Wildman–Crippen LogP) is 3.35. The van der Waals surface area contributed by atoms with Gasteiger partial charge in [0.2, 0.25) is 0 Å². The fourth-order valence-corrected chi connectivity index (χ4v) is 4.35. The molecule has 2 saturated heterocycles. The zero-order chi connectivity index (χ0) is 20.4. The molecule has 2 aromatic rings. The Hall–Kier alpha value is -2.63. The third kappa shape index (κ3) is 4.36. The quantitative estimate of drug-likeness (QED) is 0.800. The summed E-state index contributed by atoms with van der Waals surface area (Å²) in [5.74, 6) is 2.98. The van der Waals surface area contributed by atoms with Gasteiger partial charge in [0.1, 0.15) is 17.5 Å². The molecule has 2 aliphatic heterocycles. The number of aromatic nitrogens is 2. The van der Waals surface area contributed by atoms with Crippen molar-refractivity contribution in [2.75, 3.05) is 49.1 Å². The first kappa shape index (κ1) is 19.7. The van der Waals surface area contributed by atoms with Gasteiger partial charge in [-0.05, 0) is 51.7 Å². The molecule has 6 nitrogen and oxygen atoms in total. The maximum Gasteiger partial charge on any atom is 0.254 e. The summed E-state index contributed by atoms with van der Waals surface area (Å²) < 4.78 is 0. The van der Waals surface area contributed by atoms with Crippen LogP contribution in [0.1, 0.15) is 46.6 Å². The van der Waals surface area contributed by atoms with Gasteiger partial charge in [-0.3, -0.25) is 4.79 Å². The molecule has 0 spiro atoms. The summed E-state index contributed by atoms with van der Waals surface area (Å²) >= 11 is 0. The summed E-state index contributed by atoms with van der Waals surface area (Å²) in [6.45, 7) is 11.2. The molecule has 1 aromatic heterocycles. The second-order valence-electron chi connectivity index (χ2n) is 8.28. The Morgan fingerprint density at radius 1 is 0.793 bits per heavy atom. The minimum atomic E-state index is 0.134. The molecule has 29 heavy (non-hydrogen) atoms. The van der Waals surface area contributed by atoms with Gasteiger partial charge in [-0.25, -0.2) is 9.97 Å². The lowest BCUT2D eigenvalue weighted by molar-refractivity contribution is 0.0745. The molecule has 0 N–H and O–H groups in total. The van der Waals surface area contributed by atoms with Gasteiger partial charge in [0.15, 0.2) is 0 Å². The number of anilines is 2. The fourth-order valence-electron chi connectivity index (χ4n) is 4.35. The Bertz CT molecular complexity index is 883. The third-order valence-corrected chi connectivity index (χ3v) is 5.99. The SMILES string of the molecule is Cc1ccc(C(=O)N2CCN(c3cc(N4CCCCC4)nc(C)n3)CC2)c(C)c1. The van der Waals surface area contributed by atoms with Crippen molar-refractivity contribution >= 4 is 17.5 Å². The van der Waals surface area contributed by atoms with Crippen LogP contribution in [0.5, 0.6) is 0 Å². The van der Waals surface area contributed by atoms with E-state index in [1.807, 2.05) is 30.9 Å². The second-order valence-corrected chi connectivity index (χ2v) is 8.28. The van der Waals surface area contributed by atoms with Crippen molar-refractivity contribution in [2.45, 2.75) is 40.0 Å². The van der Waals surface area contributed by atoms with Crippen molar-refractivity contribution in [3.05, 3.63) is 46.8 Å². The molecule has 1 aromatic carbocycles. The molecule has 154 valence electrons. The van der Waals surface area contributed by atoms with Gasteiger partial charge in [0.05, 0.1) is 0 Å². The summed E-state index contributed by atoms with van der Waals surface area (Å²) in [7, 11) is 0. The molecule has 2 aliphatic rings. The number of nitrogens with zero attached hydrogens (tertiary/aromatic N) is 5. The van der Waals surface area contributed by atoms with Gasteiger partial charge in [-0.2, -0.15) is 0 Å². The Morgan fingerprint density at radius 3 is 2.03 bits per heavy atom. The molecule has 0 aliphatic carbocycles. The third-order valence-electron chi connectivity index (χ3n) is 5.99. The molecule has 0 saturated carbocycles. The van der Waals surface area contributed by atoms with E-state index in [4.69, 9.17) is 0 Å². The lowest BCUT2D eigenvalue weighted by Crippen LogP contribution is -2.49. The smallest absolute Gasteiger partial charge is 0.254 e. The monoisotopic (exact) mass is 393 g/mol. The average molecular weight is 394 g/mol. The van der Waals surface area contributed by atoms with Crippen LogP contribution >= 0.6 is 0 Å². The number of aryl methyl sites for hydroxylation is 3. The van der Waals surface area contributed by atoms with E-state index in [9.17, 15) is 4.79 Å². The van der Waals surface area contributed by atoms with Crippen molar-refractivity contribution in [1.29, 1.82) is 0 Å². The minimum absolute atomic E-state index is 0.134. The van der Waals surface area contributed by atoms with Crippen LogP contribution in [0.3, 0.4) is 0 Å². The summed E-state index contributed by atoms with van der Waals surface area (Å²) in [6, 6.07) is 8.18. The van der Waals surface area contributed by atoms with Crippen molar-refractivity contribution in [2.24, 2.45) is 0 Å². The summed E-state index contributed by atoms with van der Waals surface area (Å²) in [5, 5.41) is 0. The number of amides is 1. The average Bonchev–Trinajstić information content (AvgIpc) is 2.74. The lowest BCUT2D eigenvalue weighted by atomic mass is 10.0. The van der Waals surface area contributed by atoms with Gasteiger partial charge in [-0.1, -0.05) is 17.7 Å². The predicted molar refractivity (Wildman–Crippen MR) is 117 cm³/mol. The number of piperidine rings is 1. The summed E-state index contributed by atoms with van der Waals surface area (Å²) in [4.78, 5) is 29.0. The first-order valence-corrected chi connectivity index (χ1v) is 10.7. The van der Waals surface area contributed by atoms with Crippen LogP contribution in [0.2, 0.25) is 0 Å². The van der Waals surface area contributed by atoms with Crippen LogP contribution in [0.25, 0.3) is 0 Å². The van der Waals surface area contributed by atoms with Crippen LogP contribution in [0, 0.1) is 20.8 Å². The van der Waals surface area contributed by atoms with Crippen molar-refractivity contribution < 1.29 is 4.79 Å². The van der Waals surface area contributed by atoms with Gasteiger partial charge in [-0.15, -0.1) is 0 Å². The lowest BCUT2D eigenvalue weighted by Gasteiger charge is -2.36. The van der Waals surface area contributed by atoms with Crippen LogP contribution in [-0.4, -0.2) is 60.0 Å². The molecular formula is C23H31N5O. The first-order valence-electron chi connectivity index (χ1n) is 10.7. The van der Waals surface area contributed by atoms with Crippen molar-refractivity contribution in [3.63, 3.8) is 0 Å². The van der Waals surface area contributed by atoms with E-state index in [0.29, 0.717) is 13.1 Å². The molecule has 4 rings (SSSR count). The number of carbonyl (C=O) groups is 1. The number of hydrogen-bond acceptors (Lipinski definition) is 5. The van der Waals surface area contributed by atoms with E-state index in [1.165, 1.54) is 24.8 Å². The second kappa shape index (κ2) is 8.39. The Balaban J connectivity index is 1.44. The zero-order valence-corrected chi connectivity index (χ0v) is 17.8. The molecule has 2 fully saturated rings. The van der Waals surface area contributed by atoms with Gasteiger partial charge in [0, 0.05) is 50.9 Å². The number of carbonyl (C=O) groups excluding carboxylic acids is 1.